The highest BCUT2D eigenvalue weighted by molar-refractivity contribution is 5.08. The number of imidazole rings is 1. The highest BCUT2D eigenvalue weighted by atomic mass is 15.2. The molecule has 3 rings (SSSR count). The minimum absolute atomic E-state index is 0.362. The predicted molar refractivity (Wildman–Crippen MR) is 86.4 cm³/mol. The second-order valence-corrected chi connectivity index (χ2v) is 6.86. The van der Waals surface area contributed by atoms with Crippen molar-refractivity contribution in [3.63, 3.8) is 0 Å². The summed E-state index contributed by atoms with van der Waals surface area (Å²) in [5.74, 6) is 1.21. The zero-order valence-corrected chi connectivity index (χ0v) is 13.6. The number of aryl methyl sites for hydroxylation is 1. The third-order valence-corrected chi connectivity index (χ3v) is 5.76. The molecule has 1 aliphatic heterocycles. The Morgan fingerprint density at radius 2 is 1.90 bits per heavy atom. The Morgan fingerprint density at radius 3 is 2.48 bits per heavy atom. The molecular weight excluding hydrogens is 260 g/mol. The highest BCUT2D eigenvalue weighted by Crippen LogP contribution is 2.40. The molecule has 2 heterocycles. The van der Waals surface area contributed by atoms with E-state index < -0.39 is 0 Å². The second-order valence-electron chi connectivity index (χ2n) is 6.86. The summed E-state index contributed by atoms with van der Waals surface area (Å²) in [4.78, 5) is 7.37. The number of aromatic nitrogens is 2. The first-order valence-corrected chi connectivity index (χ1v) is 8.65. The maximum absolute atomic E-state index is 4.56. The van der Waals surface area contributed by atoms with Gasteiger partial charge in [0.1, 0.15) is 5.82 Å². The number of nitrogens with zero attached hydrogens (tertiary/aromatic N) is 3. The van der Waals surface area contributed by atoms with Crippen LogP contribution in [0.1, 0.15) is 50.8 Å². The molecule has 1 aliphatic carbocycles. The van der Waals surface area contributed by atoms with Crippen molar-refractivity contribution in [1.29, 1.82) is 0 Å². The van der Waals surface area contributed by atoms with Gasteiger partial charge < -0.3 is 9.88 Å². The van der Waals surface area contributed by atoms with E-state index in [0.717, 1.165) is 6.42 Å². The largest absolute Gasteiger partial charge is 0.338 e. The lowest BCUT2D eigenvalue weighted by atomic mass is 9.82. The predicted octanol–water partition coefficient (Wildman–Crippen LogP) is 2.35. The number of likely N-dealkylation sites (N-methyl/N-ethyl adjacent to an activating group) is 1. The van der Waals surface area contributed by atoms with Crippen LogP contribution >= 0.6 is 0 Å². The Bertz CT molecular complexity index is 441. The molecule has 2 fully saturated rings. The van der Waals surface area contributed by atoms with Crippen LogP contribution in [0.25, 0.3) is 0 Å². The van der Waals surface area contributed by atoms with Gasteiger partial charge in [-0.3, -0.25) is 4.90 Å². The molecule has 0 aromatic carbocycles. The van der Waals surface area contributed by atoms with Gasteiger partial charge in [-0.2, -0.15) is 0 Å². The lowest BCUT2D eigenvalue weighted by molar-refractivity contribution is 0.0382. The highest BCUT2D eigenvalue weighted by Gasteiger charge is 2.45. The van der Waals surface area contributed by atoms with Gasteiger partial charge in [0.05, 0.1) is 0 Å². The zero-order valence-electron chi connectivity index (χ0n) is 13.6. The van der Waals surface area contributed by atoms with Gasteiger partial charge in [-0.25, -0.2) is 4.98 Å². The molecule has 1 aromatic rings. The van der Waals surface area contributed by atoms with E-state index in [-0.39, 0.29) is 0 Å². The molecule has 0 spiro atoms. The normalized spacial score (nSPS) is 24.3. The van der Waals surface area contributed by atoms with E-state index in [1.807, 2.05) is 6.20 Å². The average Bonchev–Trinajstić information content (AvgIpc) is 3.16. The fraction of sp³-hybridized carbons (Fsp3) is 0.824. The van der Waals surface area contributed by atoms with Crippen LogP contribution < -0.4 is 5.32 Å². The second kappa shape index (κ2) is 6.49. The zero-order chi connectivity index (χ0) is 14.7. The molecule has 2 aliphatic rings. The summed E-state index contributed by atoms with van der Waals surface area (Å²) < 4.78 is 2.17. The van der Waals surface area contributed by atoms with Crippen molar-refractivity contribution < 1.29 is 0 Å². The molecule has 1 saturated heterocycles. The molecule has 0 amide bonds. The van der Waals surface area contributed by atoms with Crippen LogP contribution in [0, 0.1) is 0 Å². The molecule has 0 radical (unpaired) electrons. The van der Waals surface area contributed by atoms with Crippen molar-refractivity contribution in [3.05, 3.63) is 18.2 Å². The molecular formula is C17H30N4. The minimum atomic E-state index is 0.362. The summed E-state index contributed by atoms with van der Waals surface area (Å²) >= 11 is 0. The molecule has 0 bridgehead atoms. The Labute approximate surface area is 128 Å². The summed E-state index contributed by atoms with van der Waals surface area (Å²) in [5, 5.41) is 3.65. The number of hydrogen-bond acceptors (Lipinski definition) is 3. The van der Waals surface area contributed by atoms with Gasteiger partial charge in [0.15, 0.2) is 0 Å². The SMILES string of the molecule is CNC(Cc1nccn1C)C1(N2CCCCC2)CCCC1. The van der Waals surface area contributed by atoms with Gasteiger partial charge in [0, 0.05) is 37.4 Å². The van der Waals surface area contributed by atoms with E-state index >= 15 is 0 Å². The number of likely N-dealkylation sites (tertiary alicyclic amines) is 1. The third kappa shape index (κ3) is 2.88. The van der Waals surface area contributed by atoms with E-state index in [1.165, 1.54) is 63.9 Å². The van der Waals surface area contributed by atoms with Crippen molar-refractivity contribution in [3.8, 4) is 0 Å². The number of rotatable bonds is 5. The standard InChI is InChI=1S/C17H30N4/c1-18-15(14-16-19-10-13-20(16)2)17(8-4-5-9-17)21-11-6-3-7-12-21/h10,13,15,18H,3-9,11-12,14H2,1-2H3. The third-order valence-electron chi connectivity index (χ3n) is 5.76. The summed E-state index contributed by atoms with van der Waals surface area (Å²) in [6.07, 6.45) is 14.7. The van der Waals surface area contributed by atoms with Gasteiger partial charge >= 0.3 is 0 Å². The lowest BCUT2D eigenvalue weighted by Gasteiger charge is -2.48. The van der Waals surface area contributed by atoms with Crippen molar-refractivity contribution in [2.24, 2.45) is 7.05 Å². The molecule has 1 saturated carbocycles. The van der Waals surface area contributed by atoms with E-state index in [9.17, 15) is 0 Å². The van der Waals surface area contributed by atoms with Crippen LogP contribution in [0.2, 0.25) is 0 Å². The van der Waals surface area contributed by atoms with Crippen molar-refractivity contribution in [2.45, 2.75) is 62.9 Å². The van der Waals surface area contributed by atoms with Gasteiger partial charge in [0.25, 0.3) is 0 Å². The van der Waals surface area contributed by atoms with Crippen LogP contribution in [0.4, 0.5) is 0 Å². The summed E-state index contributed by atoms with van der Waals surface area (Å²) in [5.41, 5.74) is 0.362. The Hall–Kier alpha value is -0.870. The molecule has 1 N–H and O–H groups in total. The van der Waals surface area contributed by atoms with Gasteiger partial charge in [-0.05, 0) is 45.8 Å². The maximum Gasteiger partial charge on any atom is 0.109 e. The Balaban J connectivity index is 1.81. The van der Waals surface area contributed by atoms with Crippen LogP contribution in [-0.4, -0.2) is 46.2 Å². The molecule has 1 unspecified atom stereocenters. The van der Waals surface area contributed by atoms with E-state index in [2.05, 4.69) is 40.1 Å². The van der Waals surface area contributed by atoms with Crippen molar-refractivity contribution in [1.82, 2.24) is 19.8 Å². The smallest absolute Gasteiger partial charge is 0.109 e. The van der Waals surface area contributed by atoms with Crippen molar-refractivity contribution in [2.75, 3.05) is 20.1 Å². The lowest BCUT2D eigenvalue weighted by Crippen LogP contribution is -2.61. The van der Waals surface area contributed by atoms with E-state index in [4.69, 9.17) is 0 Å². The Morgan fingerprint density at radius 1 is 1.19 bits per heavy atom. The molecule has 4 heteroatoms. The van der Waals surface area contributed by atoms with Crippen LogP contribution in [0.3, 0.4) is 0 Å². The molecule has 21 heavy (non-hydrogen) atoms. The van der Waals surface area contributed by atoms with Gasteiger partial charge in [-0.15, -0.1) is 0 Å². The first kappa shape index (κ1) is 15.0. The molecule has 4 nitrogen and oxygen atoms in total. The molecule has 118 valence electrons. The monoisotopic (exact) mass is 290 g/mol. The maximum atomic E-state index is 4.56. The first-order chi connectivity index (χ1) is 10.3. The quantitative estimate of drug-likeness (QED) is 0.903. The number of hydrogen-bond donors (Lipinski definition) is 1. The summed E-state index contributed by atoms with van der Waals surface area (Å²) in [6, 6.07) is 0.513. The number of nitrogens with one attached hydrogen (secondary N) is 1. The average molecular weight is 290 g/mol. The van der Waals surface area contributed by atoms with Crippen LogP contribution in [0.5, 0.6) is 0 Å². The van der Waals surface area contributed by atoms with Crippen molar-refractivity contribution >= 4 is 0 Å². The molecule has 1 aromatic heterocycles. The van der Waals surface area contributed by atoms with Gasteiger partial charge in [-0.1, -0.05) is 19.3 Å². The first-order valence-electron chi connectivity index (χ1n) is 8.65. The van der Waals surface area contributed by atoms with E-state index in [1.54, 1.807) is 0 Å². The fourth-order valence-electron chi connectivity index (χ4n) is 4.55. The topological polar surface area (TPSA) is 33.1 Å². The fourth-order valence-corrected chi connectivity index (χ4v) is 4.55. The van der Waals surface area contributed by atoms with Crippen LogP contribution in [-0.2, 0) is 13.5 Å². The summed E-state index contributed by atoms with van der Waals surface area (Å²) in [7, 11) is 4.24. The van der Waals surface area contributed by atoms with Crippen LogP contribution in [0.15, 0.2) is 12.4 Å². The van der Waals surface area contributed by atoms with E-state index in [0.29, 0.717) is 11.6 Å². The number of piperidine rings is 1. The summed E-state index contributed by atoms with van der Waals surface area (Å²) in [6.45, 7) is 2.58. The van der Waals surface area contributed by atoms with Gasteiger partial charge in [0.2, 0.25) is 0 Å². The molecule has 1 atom stereocenters. The Kier molecular flexibility index (Phi) is 4.65. The minimum Gasteiger partial charge on any atom is -0.338 e.